The van der Waals surface area contributed by atoms with Crippen LogP contribution in [-0.2, 0) is 14.2 Å². The zero-order chi connectivity index (χ0) is 11.9. The maximum Gasteiger partial charge on any atom is 0.116 e. The average Bonchev–Trinajstić information content (AvgIpc) is 2.41. The summed E-state index contributed by atoms with van der Waals surface area (Å²) in [5.41, 5.74) is 2.29. The molecule has 0 radical (unpaired) electrons. The first kappa shape index (κ1) is 12.1. The molecule has 1 aromatic carbocycles. The van der Waals surface area contributed by atoms with Crippen LogP contribution >= 0.6 is 0 Å². The molecule has 0 amide bonds. The second-order valence-electron chi connectivity index (χ2n) is 4.07. The summed E-state index contributed by atoms with van der Waals surface area (Å²) < 4.78 is 16.3. The summed E-state index contributed by atoms with van der Waals surface area (Å²) in [5, 5.41) is 0. The largest absolute Gasteiger partial charge is 0.498 e. The van der Waals surface area contributed by atoms with Gasteiger partial charge in [-0.3, -0.25) is 0 Å². The van der Waals surface area contributed by atoms with Crippen molar-refractivity contribution >= 4 is 5.57 Å². The topological polar surface area (TPSA) is 27.7 Å². The molecule has 1 fully saturated rings. The lowest BCUT2D eigenvalue weighted by atomic mass is 10.1. The highest BCUT2D eigenvalue weighted by molar-refractivity contribution is 5.62. The van der Waals surface area contributed by atoms with Crippen LogP contribution in [0, 0.1) is 0 Å². The first-order valence-electron chi connectivity index (χ1n) is 5.89. The molecule has 0 saturated carbocycles. The highest BCUT2D eigenvalue weighted by Crippen LogP contribution is 2.13. The van der Waals surface area contributed by atoms with Crippen LogP contribution in [0.25, 0.3) is 5.57 Å². The lowest BCUT2D eigenvalue weighted by Crippen LogP contribution is -2.31. The third-order valence-electron chi connectivity index (χ3n) is 2.66. The Morgan fingerprint density at radius 1 is 1.35 bits per heavy atom. The van der Waals surface area contributed by atoms with Gasteiger partial charge in [-0.25, -0.2) is 0 Å². The summed E-state index contributed by atoms with van der Waals surface area (Å²) in [6, 6.07) is 10.2. The van der Waals surface area contributed by atoms with Gasteiger partial charge in [0.25, 0.3) is 0 Å². The normalized spacial score (nSPS) is 21.2. The van der Waals surface area contributed by atoms with E-state index in [-0.39, 0.29) is 6.10 Å². The summed E-state index contributed by atoms with van der Waals surface area (Å²) in [5.74, 6) is 0. The molecule has 0 spiro atoms. The van der Waals surface area contributed by atoms with E-state index in [9.17, 15) is 0 Å². The van der Waals surface area contributed by atoms with E-state index in [1.54, 1.807) is 6.26 Å². The molecule has 0 N–H and O–H groups in total. The van der Waals surface area contributed by atoms with Crippen LogP contribution in [0.4, 0.5) is 0 Å². The van der Waals surface area contributed by atoms with E-state index in [1.165, 1.54) is 5.56 Å². The van der Waals surface area contributed by atoms with Crippen LogP contribution in [0.5, 0.6) is 0 Å². The molecule has 17 heavy (non-hydrogen) atoms. The zero-order valence-electron chi connectivity index (χ0n) is 10.1. The van der Waals surface area contributed by atoms with Gasteiger partial charge in [0.1, 0.15) is 12.7 Å². The van der Waals surface area contributed by atoms with Gasteiger partial charge < -0.3 is 14.2 Å². The van der Waals surface area contributed by atoms with Gasteiger partial charge in [-0.1, -0.05) is 30.3 Å². The van der Waals surface area contributed by atoms with Crippen molar-refractivity contribution in [1.29, 1.82) is 0 Å². The van der Waals surface area contributed by atoms with E-state index in [0.29, 0.717) is 26.4 Å². The third kappa shape index (κ3) is 3.88. The summed E-state index contributed by atoms with van der Waals surface area (Å²) >= 11 is 0. The highest BCUT2D eigenvalue weighted by Gasteiger charge is 2.13. The molecule has 1 atom stereocenters. The number of hydrogen-bond donors (Lipinski definition) is 0. The molecular formula is C14H18O3. The Labute approximate surface area is 102 Å². The second-order valence-corrected chi connectivity index (χ2v) is 4.07. The summed E-state index contributed by atoms with van der Waals surface area (Å²) in [4.78, 5) is 0. The fourth-order valence-electron chi connectivity index (χ4n) is 1.68. The predicted molar refractivity (Wildman–Crippen MR) is 66.6 cm³/mol. The quantitative estimate of drug-likeness (QED) is 0.749. The third-order valence-corrected chi connectivity index (χ3v) is 2.66. The van der Waals surface area contributed by atoms with E-state index in [4.69, 9.17) is 14.2 Å². The molecule has 92 valence electrons. The Morgan fingerprint density at radius 3 is 2.88 bits per heavy atom. The molecule has 1 saturated heterocycles. The van der Waals surface area contributed by atoms with Gasteiger partial charge in [0.15, 0.2) is 0 Å². The summed E-state index contributed by atoms with van der Waals surface area (Å²) in [7, 11) is 0. The Balaban J connectivity index is 1.80. The van der Waals surface area contributed by atoms with E-state index >= 15 is 0 Å². The van der Waals surface area contributed by atoms with E-state index in [0.717, 1.165) is 5.57 Å². The lowest BCUT2D eigenvalue weighted by Gasteiger charge is -2.22. The van der Waals surface area contributed by atoms with Crippen molar-refractivity contribution in [2.75, 3.05) is 26.4 Å². The van der Waals surface area contributed by atoms with E-state index in [1.807, 2.05) is 25.1 Å². The van der Waals surface area contributed by atoms with E-state index in [2.05, 4.69) is 12.1 Å². The molecule has 2 rings (SSSR count). The molecule has 1 unspecified atom stereocenters. The van der Waals surface area contributed by atoms with Crippen LogP contribution in [0.2, 0.25) is 0 Å². The summed E-state index contributed by atoms with van der Waals surface area (Å²) in [6.45, 7) is 4.56. The van der Waals surface area contributed by atoms with Crippen molar-refractivity contribution in [3.8, 4) is 0 Å². The van der Waals surface area contributed by atoms with Gasteiger partial charge in [0.2, 0.25) is 0 Å². The smallest absolute Gasteiger partial charge is 0.116 e. The first-order valence-corrected chi connectivity index (χ1v) is 5.89. The Hall–Kier alpha value is -1.32. The van der Waals surface area contributed by atoms with Gasteiger partial charge in [-0.2, -0.15) is 0 Å². The Morgan fingerprint density at radius 2 is 2.18 bits per heavy atom. The van der Waals surface area contributed by atoms with Crippen molar-refractivity contribution in [1.82, 2.24) is 0 Å². The van der Waals surface area contributed by atoms with Crippen LogP contribution in [0.3, 0.4) is 0 Å². The molecule has 0 aliphatic carbocycles. The highest BCUT2D eigenvalue weighted by atomic mass is 16.6. The van der Waals surface area contributed by atoms with Gasteiger partial charge in [0.05, 0.1) is 26.1 Å². The van der Waals surface area contributed by atoms with Crippen molar-refractivity contribution in [2.45, 2.75) is 13.0 Å². The van der Waals surface area contributed by atoms with Crippen molar-refractivity contribution in [2.24, 2.45) is 0 Å². The minimum absolute atomic E-state index is 0.0589. The van der Waals surface area contributed by atoms with Crippen LogP contribution in [0.15, 0.2) is 36.6 Å². The Bertz CT molecular complexity index is 353. The second kappa shape index (κ2) is 6.42. The molecule has 1 aliphatic rings. The summed E-state index contributed by atoms with van der Waals surface area (Å²) in [6.07, 6.45) is 1.84. The number of benzene rings is 1. The Kier molecular flexibility index (Phi) is 4.59. The molecule has 1 aliphatic heterocycles. The van der Waals surface area contributed by atoms with E-state index < -0.39 is 0 Å². The molecule has 3 nitrogen and oxygen atoms in total. The minimum atomic E-state index is 0.0589. The van der Waals surface area contributed by atoms with Crippen molar-refractivity contribution in [3.63, 3.8) is 0 Å². The van der Waals surface area contributed by atoms with Gasteiger partial charge in [-0.05, 0) is 18.1 Å². The maximum absolute atomic E-state index is 5.52. The van der Waals surface area contributed by atoms with Gasteiger partial charge in [-0.15, -0.1) is 0 Å². The molecule has 1 aromatic rings. The maximum atomic E-state index is 5.52. The van der Waals surface area contributed by atoms with Gasteiger partial charge in [0, 0.05) is 0 Å². The molecular weight excluding hydrogens is 216 g/mol. The fourth-order valence-corrected chi connectivity index (χ4v) is 1.68. The van der Waals surface area contributed by atoms with Crippen LogP contribution < -0.4 is 0 Å². The van der Waals surface area contributed by atoms with Crippen molar-refractivity contribution < 1.29 is 14.2 Å². The number of ether oxygens (including phenoxy) is 3. The zero-order valence-corrected chi connectivity index (χ0v) is 10.1. The lowest BCUT2D eigenvalue weighted by molar-refractivity contribution is -0.106. The molecule has 1 heterocycles. The number of allylic oxidation sites excluding steroid dienone is 1. The average molecular weight is 234 g/mol. The molecule has 3 heteroatoms. The van der Waals surface area contributed by atoms with Gasteiger partial charge >= 0.3 is 0 Å². The number of rotatable bonds is 4. The first-order chi connectivity index (χ1) is 8.36. The van der Waals surface area contributed by atoms with Crippen molar-refractivity contribution in [3.05, 3.63) is 42.2 Å². The number of hydrogen-bond acceptors (Lipinski definition) is 3. The standard InChI is InChI=1S/C14H18O3/c1-12(13-5-3-2-4-6-13)9-16-11-14-10-15-7-8-17-14/h2-6,9,14H,7-8,10-11H2,1H3/b12-9-. The predicted octanol–water partition coefficient (Wildman–Crippen LogP) is 2.48. The monoisotopic (exact) mass is 234 g/mol. The SMILES string of the molecule is C/C(=C/OCC1COCCO1)c1ccccc1. The van der Waals surface area contributed by atoms with Crippen LogP contribution in [0.1, 0.15) is 12.5 Å². The molecule has 0 bridgehead atoms. The van der Waals surface area contributed by atoms with Crippen LogP contribution in [-0.4, -0.2) is 32.5 Å². The molecule has 0 aromatic heterocycles. The fraction of sp³-hybridized carbons (Fsp3) is 0.429. The minimum Gasteiger partial charge on any atom is -0.498 e.